The molecular weight excluding hydrogens is 501 g/mol. The van der Waals surface area contributed by atoms with Crippen LogP contribution in [0, 0.1) is 0 Å². The number of nitrogens with zero attached hydrogens (tertiary/aromatic N) is 2. The number of H-pyrrole nitrogens is 1. The van der Waals surface area contributed by atoms with Gasteiger partial charge in [0.05, 0.1) is 39.6 Å². The smallest absolute Gasteiger partial charge is 0.269 e. The Labute approximate surface area is 205 Å². The summed E-state index contributed by atoms with van der Waals surface area (Å²) >= 11 is 12.6. The Morgan fingerprint density at radius 2 is 1.88 bits per heavy atom. The van der Waals surface area contributed by atoms with Gasteiger partial charge in [-0.3, -0.25) is 9.52 Å². The van der Waals surface area contributed by atoms with E-state index < -0.39 is 15.9 Å². The highest BCUT2D eigenvalue weighted by Gasteiger charge is 2.21. The number of aromatic amines is 1. The maximum absolute atomic E-state index is 13.0. The number of hydrogen-bond donors (Lipinski definition) is 3. The van der Waals surface area contributed by atoms with Crippen molar-refractivity contribution in [2.75, 3.05) is 18.4 Å². The van der Waals surface area contributed by atoms with E-state index in [1.165, 1.54) is 43.5 Å². The number of ether oxygens (including phenoxy) is 1. The Bertz CT molecular complexity index is 1440. The minimum Gasteiger partial charge on any atom is -0.497 e. The molecule has 2 aromatic heterocycles. The van der Waals surface area contributed by atoms with Gasteiger partial charge in [-0.05, 0) is 42.5 Å². The van der Waals surface area contributed by atoms with Crippen LogP contribution in [0.1, 0.15) is 16.2 Å². The molecule has 0 fully saturated rings. The van der Waals surface area contributed by atoms with Crippen LogP contribution in [0.2, 0.25) is 10.0 Å². The molecule has 34 heavy (non-hydrogen) atoms. The largest absolute Gasteiger partial charge is 0.497 e. The molecule has 3 N–H and O–H groups in total. The van der Waals surface area contributed by atoms with Crippen molar-refractivity contribution in [1.29, 1.82) is 0 Å². The van der Waals surface area contributed by atoms with E-state index >= 15 is 0 Å². The number of anilines is 1. The van der Waals surface area contributed by atoms with Crippen molar-refractivity contribution in [3.8, 4) is 5.75 Å². The van der Waals surface area contributed by atoms with Crippen molar-refractivity contribution in [2.24, 2.45) is 0 Å². The van der Waals surface area contributed by atoms with Crippen LogP contribution in [0.4, 0.5) is 5.69 Å². The first kappa shape index (κ1) is 23.8. The second-order valence-corrected chi connectivity index (χ2v) is 9.67. The molecule has 4 rings (SSSR count). The summed E-state index contributed by atoms with van der Waals surface area (Å²) < 4.78 is 33.5. The lowest BCUT2D eigenvalue weighted by Gasteiger charge is -2.14. The molecular formula is C22H19Cl2N5O4S. The third kappa shape index (κ3) is 5.09. The minimum atomic E-state index is -4.02. The summed E-state index contributed by atoms with van der Waals surface area (Å²) in [5.41, 5.74) is 1.13. The van der Waals surface area contributed by atoms with Crippen molar-refractivity contribution < 1.29 is 17.9 Å². The fraction of sp³-hybridized carbons (Fsp3) is 0.136. The van der Waals surface area contributed by atoms with Gasteiger partial charge in [0.1, 0.15) is 11.4 Å². The van der Waals surface area contributed by atoms with Crippen LogP contribution in [-0.4, -0.2) is 42.9 Å². The van der Waals surface area contributed by atoms with Crippen molar-refractivity contribution in [1.82, 2.24) is 20.3 Å². The number of rotatable bonds is 8. The van der Waals surface area contributed by atoms with E-state index in [4.69, 9.17) is 27.9 Å². The molecule has 0 aliphatic rings. The molecule has 4 aromatic rings. The van der Waals surface area contributed by atoms with Gasteiger partial charge in [-0.2, -0.15) is 0 Å². The number of halogens is 2. The fourth-order valence-electron chi connectivity index (χ4n) is 3.21. The fourth-order valence-corrected chi connectivity index (χ4v) is 4.92. The van der Waals surface area contributed by atoms with Gasteiger partial charge in [-0.15, -0.1) is 0 Å². The number of pyridine rings is 1. The van der Waals surface area contributed by atoms with Crippen LogP contribution < -0.4 is 14.8 Å². The molecule has 2 aromatic carbocycles. The van der Waals surface area contributed by atoms with Gasteiger partial charge in [0.25, 0.3) is 15.9 Å². The second kappa shape index (κ2) is 9.88. The summed E-state index contributed by atoms with van der Waals surface area (Å²) in [6.07, 6.45) is 3.79. The number of fused-ring (bicyclic) bond motifs is 1. The summed E-state index contributed by atoms with van der Waals surface area (Å²) in [6, 6.07) is 10.4. The first-order chi connectivity index (χ1) is 16.3. The number of imidazole rings is 1. The lowest BCUT2D eigenvalue weighted by atomic mass is 10.1. The van der Waals surface area contributed by atoms with Gasteiger partial charge in [0, 0.05) is 30.2 Å². The van der Waals surface area contributed by atoms with Gasteiger partial charge in [-0.1, -0.05) is 23.2 Å². The Morgan fingerprint density at radius 3 is 2.56 bits per heavy atom. The normalized spacial score (nSPS) is 11.4. The zero-order valence-corrected chi connectivity index (χ0v) is 20.1. The number of hydrogen-bond acceptors (Lipinski definition) is 6. The van der Waals surface area contributed by atoms with Crippen LogP contribution in [-0.2, 0) is 16.4 Å². The first-order valence-electron chi connectivity index (χ1n) is 9.99. The number of aromatic nitrogens is 3. The summed E-state index contributed by atoms with van der Waals surface area (Å²) in [5, 5.41) is 3.52. The Balaban J connectivity index is 1.65. The summed E-state index contributed by atoms with van der Waals surface area (Å²) in [4.78, 5) is 23.9. The number of amides is 1. The first-order valence-corrected chi connectivity index (χ1v) is 12.2. The maximum Gasteiger partial charge on any atom is 0.269 e. The highest BCUT2D eigenvalue weighted by atomic mass is 35.5. The maximum atomic E-state index is 13.0. The molecule has 0 aliphatic carbocycles. The van der Waals surface area contributed by atoms with E-state index in [0.717, 1.165) is 5.69 Å². The second-order valence-electron chi connectivity index (χ2n) is 7.17. The van der Waals surface area contributed by atoms with Crippen molar-refractivity contribution in [2.45, 2.75) is 11.3 Å². The molecule has 176 valence electrons. The van der Waals surface area contributed by atoms with Gasteiger partial charge in [0.2, 0.25) is 0 Å². The highest BCUT2D eigenvalue weighted by molar-refractivity contribution is 7.92. The zero-order chi connectivity index (χ0) is 24.3. The molecule has 0 bridgehead atoms. The Morgan fingerprint density at radius 1 is 1.12 bits per heavy atom. The van der Waals surface area contributed by atoms with Crippen LogP contribution in [0.15, 0.2) is 59.9 Å². The molecule has 0 saturated heterocycles. The Kier molecular flexibility index (Phi) is 6.92. The quantitative estimate of drug-likeness (QED) is 0.322. The molecule has 12 heteroatoms. The van der Waals surface area contributed by atoms with Crippen LogP contribution >= 0.6 is 23.2 Å². The third-order valence-corrected chi connectivity index (χ3v) is 6.93. The summed E-state index contributed by atoms with van der Waals surface area (Å²) in [5.74, 6) is 0.0836. The number of methoxy groups -OCH3 is 1. The molecule has 9 nitrogen and oxygen atoms in total. The van der Waals surface area contributed by atoms with E-state index in [2.05, 4.69) is 25.0 Å². The van der Waals surface area contributed by atoms with E-state index in [9.17, 15) is 13.2 Å². The molecule has 2 heterocycles. The molecule has 0 unspecified atom stereocenters. The van der Waals surface area contributed by atoms with E-state index in [0.29, 0.717) is 24.1 Å². The Hall–Kier alpha value is -3.34. The van der Waals surface area contributed by atoms with Gasteiger partial charge in [0.15, 0.2) is 0 Å². The molecule has 0 atom stereocenters. The average Bonchev–Trinajstić information content (AvgIpc) is 3.35. The van der Waals surface area contributed by atoms with Crippen LogP contribution in [0.25, 0.3) is 10.9 Å². The zero-order valence-electron chi connectivity index (χ0n) is 17.8. The molecule has 1 amide bonds. The third-order valence-electron chi connectivity index (χ3n) is 4.96. The van der Waals surface area contributed by atoms with Gasteiger partial charge >= 0.3 is 0 Å². The van der Waals surface area contributed by atoms with E-state index in [1.54, 1.807) is 18.6 Å². The topological polar surface area (TPSA) is 126 Å². The predicted octanol–water partition coefficient (Wildman–Crippen LogP) is 4.05. The lowest BCUT2D eigenvalue weighted by molar-refractivity contribution is 0.0949. The number of benzene rings is 2. The van der Waals surface area contributed by atoms with Crippen molar-refractivity contribution >= 4 is 55.7 Å². The number of sulfonamides is 1. The molecule has 0 aliphatic heterocycles. The molecule has 0 radical (unpaired) electrons. The number of nitrogens with one attached hydrogen (secondary N) is 3. The standard InChI is InChI=1S/C22H19Cl2N5O4S/c1-33-14-2-4-15(5-3-14)34(31,32)29-21-18(24)10-17(23)16-6-7-19(28-20(16)21)22(30)26-9-8-13-11-25-12-27-13/h2-7,10-12,29H,8-9H2,1H3,(H,25,27)(H,26,30). The lowest BCUT2D eigenvalue weighted by Crippen LogP contribution is -2.26. The SMILES string of the molecule is COc1ccc(S(=O)(=O)Nc2c(Cl)cc(Cl)c3ccc(C(=O)NCCc4cnc[nH]4)nc23)cc1. The van der Waals surface area contributed by atoms with Crippen LogP contribution in [0.3, 0.4) is 0 Å². The highest BCUT2D eigenvalue weighted by Crippen LogP contribution is 2.36. The van der Waals surface area contributed by atoms with E-state index in [1.807, 2.05) is 0 Å². The van der Waals surface area contributed by atoms with Crippen molar-refractivity contribution in [3.63, 3.8) is 0 Å². The number of carbonyl (C=O) groups excluding carboxylic acids is 1. The molecule has 0 saturated carbocycles. The predicted molar refractivity (Wildman–Crippen MR) is 130 cm³/mol. The average molecular weight is 520 g/mol. The van der Waals surface area contributed by atoms with Crippen molar-refractivity contribution in [3.05, 3.63) is 76.4 Å². The molecule has 0 spiro atoms. The van der Waals surface area contributed by atoms with Crippen LogP contribution in [0.5, 0.6) is 5.75 Å². The summed E-state index contributed by atoms with van der Waals surface area (Å²) in [6.45, 7) is 0.355. The van der Waals surface area contributed by atoms with Gasteiger partial charge in [-0.25, -0.2) is 18.4 Å². The summed E-state index contributed by atoms with van der Waals surface area (Å²) in [7, 11) is -2.54. The van der Waals surface area contributed by atoms with Gasteiger partial charge < -0.3 is 15.0 Å². The minimum absolute atomic E-state index is 0.000158. The van der Waals surface area contributed by atoms with E-state index in [-0.39, 0.29) is 31.8 Å². The monoisotopic (exact) mass is 519 g/mol. The number of carbonyl (C=O) groups is 1.